The minimum atomic E-state index is -0.0194. The molecule has 2 aliphatic rings. The summed E-state index contributed by atoms with van der Waals surface area (Å²) in [6.07, 6.45) is 2.22. The highest BCUT2D eigenvalue weighted by Crippen LogP contribution is 2.36. The molecule has 1 fully saturated rings. The number of hydrogen-bond acceptors (Lipinski definition) is 3. The van der Waals surface area contributed by atoms with Crippen molar-refractivity contribution in [2.45, 2.75) is 6.23 Å². The van der Waals surface area contributed by atoms with Gasteiger partial charge < -0.3 is 9.47 Å². The second-order valence-electron chi connectivity index (χ2n) is 5.60. The Balaban J connectivity index is 1.75. The zero-order chi connectivity index (χ0) is 14.8. The highest BCUT2D eigenvalue weighted by atomic mass is 16.5. The standard InChI is InChI=1S/C19H19NO2/c1-2-6-15(7-3-1)17-14-19(20-10-12-21-13-11-20)22-18-9-5-4-8-16(17)18/h1-9,14,19H,10-13H2. The first kappa shape index (κ1) is 13.6. The first-order valence-corrected chi connectivity index (χ1v) is 7.77. The molecule has 1 unspecified atom stereocenters. The van der Waals surface area contributed by atoms with E-state index >= 15 is 0 Å². The van der Waals surface area contributed by atoms with Crippen molar-refractivity contribution in [1.29, 1.82) is 0 Å². The van der Waals surface area contributed by atoms with Gasteiger partial charge in [0.1, 0.15) is 5.75 Å². The van der Waals surface area contributed by atoms with Gasteiger partial charge in [-0.05, 0) is 23.3 Å². The summed E-state index contributed by atoms with van der Waals surface area (Å²) in [7, 11) is 0. The Labute approximate surface area is 130 Å². The van der Waals surface area contributed by atoms with E-state index in [1.54, 1.807) is 0 Å². The van der Waals surface area contributed by atoms with Crippen LogP contribution in [0, 0.1) is 0 Å². The molecule has 4 rings (SSSR count). The molecule has 0 aliphatic carbocycles. The lowest BCUT2D eigenvalue weighted by atomic mass is 9.94. The van der Waals surface area contributed by atoms with E-state index in [2.05, 4.69) is 59.5 Å². The van der Waals surface area contributed by atoms with Crippen LogP contribution >= 0.6 is 0 Å². The molecule has 1 saturated heterocycles. The molecule has 112 valence electrons. The van der Waals surface area contributed by atoms with Crippen LogP contribution in [0.15, 0.2) is 60.7 Å². The smallest absolute Gasteiger partial charge is 0.173 e. The molecular weight excluding hydrogens is 274 g/mol. The monoisotopic (exact) mass is 293 g/mol. The van der Waals surface area contributed by atoms with Crippen LogP contribution in [0.2, 0.25) is 0 Å². The molecule has 1 atom stereocenters. The normalized spacial score (nSPS) is 21.6. The van der Waals surface area contributed by atoms with Crippen molar-refractivity contribution in [3.05, 3.63) is 71.8 Å². The van der Waals surface area contributed by atoms with Gasteiger partial charge in [-0.2, -0.15) is 0 Å². The molecule has 0 radical (unpaired) electrons. The van der Waals surface area contributed by atoms with Gasteiger partial charge in [-0.3, -0.25) is 4.90 Å². The molecular formula is C19H19NO2. The minimum Gasteiger partial charge on any atom is -0.471 e. The maximum atomic E-state index is 6.22. The van der Waals surface area contributed by atoms with Crippen molar-refractivity contribution in [3.8, 4) is 5.75 Å². The fraction of sp³-hybridized carbons (Fsp3) is 0.263. The van der Waals surface area contributed by atoms with Crippen molar-refractivity contribution in [3.63, 3.8) is 0 Å². The summed E-state index contributed by atoms with van der Waals surface area (Å²) in [5, 5.41) is 0. The van der Waals surface area contributed by atoms with Gasteiger partial charge in [0.25, 0.3) is 0 Å². The number of fused-ring (bicyclic) bond motifs is 1. The van der Waals surface area contributed by atoms with Gasteiger partial charge in [0.2, 0.25) is 0 Å². The van der Waals surface area contributed by atoms with Gasteiger partial charge in [-0.25, -0.2) is 0 Å². The maximum absolute atomic E-state index is 6.22. The van der Waals surface area contributed by atoms with Crippen LogP contribution in [0.25, 0.3) is 5.57 Å². The van der Waals surface area contributed by atoms with Crippen molar-refractivity contribution in [1.82, 2.24) is 4.90 Å². The third kappa shape index (κ3) is 2.54. The second-order valence-corrected chi connectivity index (χ2v) is 5.60. The van der Waals surface area contributed by atoms with Crippen molar-refractivity contribution >= 4 is 5.57 Å². The Morgan fingerprint density at radius 3 is 2.41 bits per heavy atom. The first-order valence-electron chi connectivity index (χ1n) is 7.77. The predicted molar refractivity (Wildman–Crippen MR) is 86.8 cm³/mol. The van der Waals surface area contributed by atoms with E-state index in [1.807, 2.05) is 6.07 Å². The summed E-state index contributed by atoms with van der Waals surface area (Å²) in [6.45, 7) is 3.36. The fourth-order valence-corrected chi connectivity index (χ4v) is 3.07. The van der Waals surface area contributed by atoms with E-state index in [1.165, 1.54) is 16.7 Å². The summed E-state index contributed by atoms with van der Waals surface area (Å²) in [6, 6.07) is 18.8. The van der Waals surface area contributed by atoms with Crippen molar-refractivity contribution in [2.24, 2.45) is 0 Å². The second kappa shape index (κ2) is 5.95. The van der Waals surface area contributed by atoms with Crippen LogP contribution < -0.4 is 4.74 Å². The quantitative estimate of drug-likeness (QED) is 0.849. The number of morpholine rings is 1. The number of benzene rings is 2. The largest absolute Gasteiger partial charge is 0.471 e. The number of nitrogens with zero attached hydrogens (tertiary/aromatic N) is 1. The molecule has 2 aromatic rings. The van der Waals surface area contributed by atoms with Crippen molar-refractivity contribution < 1.29 is 9.47 Å². The Kier molecular flexibility index (Phi) is 3.67. The molecule has 2 aliphatic heterocycles. The number of ether oxygens (including phenoxy) is 2. The Hall–Kier alpha value is -2.10. The molecule has 2 aromatic carbocycles. The molecule has 22 heavy (non-hydrogen) atoms. The molecule has 0 bridgehead atoms. The van der Waals surface area contributed by atoms with Gasteiger partial charge in [-0.15, -0.1) is 0 Å². The lowest BCUT2D eigenvalue weighted by Crippen LogP contribution is -2.46. The van der Waals surface area contributed by atoms with E-state index in [4.69, 9.17) is 9.47 Å². The van der Waals surface area contributed by atoms with Gasteiger partial charge in [0.05, 0.1) is 13.2 Å². The Bertz CT molecular complexity index is 675. The van der Waals surface area contributed by atoms with Crippen molar-refractivity contribution in [2.75, 3.05) is 26.3 Å². The van der Waals surface area contributed by atoms with Crippen LogP contribution in [0.3, 0.4) is 0 Å². The van der Waals surface area contributed by atoms with Gasteiger partial charge in [0.15, 0.2) is 6.23 Å². The predicted octanol–water partition coefficient (Wildman–Crippen LogP) is 3.17. The Morgan fingerprint density at radius 2 is 1.59 bits per heavy atom. The van der Waals surface area contributed by atoms with Crippen LogP contribution in [-0.4, -0.2) is 37.4 Å². The molecule has 3 heteroatoms. The van der Waals surface area contributed by atoms with Crippen LogP contribution in [-0.2, 0) is 4.74 Å². The molecule has 0 saturated carbocycles. The number of hydrogen-bond donors (Lipinski definition) is 0. The maximum Gasteiger partial charge on any atom is 0.173 e. The van der Waals surface area contributed by atoms with E-state index in [-0.39, 0.29) is 6.23 Å². The van der Waals surface area contributed by atoms with Crippen LogP contribution in [0.5, 0.6) is 5.75 Å². The molecule has 0 spiro atoms. The summed E-state index contributed by atoms with van der Waals surface area (Å²) in [5.74, 6) is 0.959. The summed E-state index contributed by atoms with van der Waals surface area (Å²) >= 11 is 0. The molecule has 0 aromatic heterocycles. The molecule has 0 amide bonds. The van der Waals surface area contributed by atoms with Gasteiger partial charge >= 0.3 is 0 Å². The SMILES string of the molecule is C1=C(c2ccccc2)c2ccccc2OC1N1CCOCC1. The third-order valence-corrected chi connectivity index (χ3v) is 4.22. The number of para-hydroxylation sites is 1. The molecule has 0 N–H and O–H groups in total. The van der Waals surface area contributed by atoms with Gasteiger partial charge in [0, 0.05) is 18.7 Å². The lowest BCUT2D eigenvalue weighted by Gasteiger charge is -2.36. The van der Waals surface area contributed by atoms with E-state index < -0.39 is 0 Å². The number of rotatable bonds is 2. The lowest BCUT2D eigenvalue weighted by molar-refractivity contribution is -0.0262. The molecule has 3 nitrogen and oxygen atoms in total. The fourth-order valence-electron chi connectivity index (χ4n) is 3.07. The Morgan fingerprint density at radius 1 is 0.864 bits per heavy atom. The molecule has 2 heterocycles. The average molecular weight is 293 g/mol. The summed E-state index contributed by atoms with van der Waals surface area (Å²) in [4.78, 5) is 2.34. The highest BCUT2D eigenvalue weighted by molar-refractivity contribution is 5.84. The summed E-state index contributed by atoms with van der Waals surface area (Å²) in [5.41, 5.74) is 3.65. The van der Waals surface area contributed by atoms with E-state index in [0.717, 1.165) is 32.1 Å². The third-order valence-electron chi connectivity index (χ3n) is 4.22. The van der Waals surface area contributed by atoms with E-state index in [0.29, 0.717) is 0 Å². The van der Waals surface area contributed by atoms with Crippen LogP contribution in [0.4, 0.5) is 0 Å². The average Bonchev–Trinajstić information content (AvgIpc) is 2.62. The minimum absolute atomic E-state index is 0.0194. The van der Waals surface area contributed by atoms with E-state index in [9.17, 15) is 0 Å². The highest BCUT2D eigenvalue weighted by Gasteiger charge is 2.27. The van der Waals surface area contributed by atoms with Gasteiger partial charge in [-0.1, -0.05) is 48.5 Å². The summed E-state index contributed by atoms with van der Waals surface area (Å²) < 4.78 is 11.7. The zero-order valence-corrected chi connectivity index (χ0v) is 12.4. The zero-order valence-electron chi connectivity index (χ0n) is 12.4. The first-order chi connectivity index (χ1) is 10.9. The topological polar surface area (TPSA) is 21.7 Å². The van der Waals surface area contributed by atoms with Crippen LogP contribution in [0.1, 0.15) is 11.1 Å².